The highest BCUT2D eigenvalue weighted by Gasteiger charge is 2.44. The van der Waals surface area contributed by atoms with Crippen LogP contribution in [0.3, 0.4) is 0 Å². The Morgan fingerprint density at radius 1 is 1.30 bits per heavy atom. The second kappa shape index (κ2) is 6.66. The third-order valence-electron chi connectivity index (χ3n) is 5.37. The van der Waals surface area contributed by atoms with E-state index >= 15 is 0 Å². The van der Waals surface area contributed by atoms with Gasteiger partial charge in [0.1, 0.15) is 11.4 Å². The second-order valence-corrected chi connectivity index (χ2v) is 7.19. The van der Waals surface area contributed by atoms with Crippen LogP contribution in [0.15, 0.2) is 24.5 Å². The Labute approximate surface area is 156 Å². The smallest absolute Gasteiger partial charge is 0.225 e. The number of anilines is 2. The van der Waals surface area contributed by atoms with Gasteiger partial charge in [0.15, 0.2) is 0 Å². The van der Waals surface area contributed by atoms with E-state index in [1.807, 2.05) is 17.0 Å². The molecule has 0 bridgehead atoms. The molecule has 0 saturated carbocycles. The van der Waals surface area contributed by atoms with Gasteiger partial charge in [-0.05, 0) is 11.6 Å². The van der Waals surface area contributed by atoms with Gasteiger partial charge in [-0.3, -0.25) is 9.78 Å². The SMILES string of the molecule is Nc1nc(N)c2c(n1)OC1(CCN(C(=O)C[C@@H](N)c3cccnc3)CC1)C2. The molecule has 0 unspecified atom stereocenters. The van der Waals surface area contributed by atoms with E-state index in [4.69, 9.17) is 21.9 Å². The molecule has 1 saturated heterocycles. The van der Waals surface area contributed by atoms with Crippen LogP contribution in [0.4, 0.5) is 11.8 Å². The van der Waals surface area contributed by atoms with Crippen LogP contribution in [0.25, 0.3) is 0 Å². The third kappa shape index (κ3) is 3.37. The second-order valence-electron chi connectivity index (χ2n) is 7.19. The highest BCUT2D eigenvalue weighted by atomic mass is 16.5. The number of nitrogens with zero attached hydrogens (tertiary/aromatic N) is 4. The van der Waals surface area contributed by atoms with Crippen LogP contribution in [0.5, 0.6) is 5.88 Å². The fraction of sp³-hybridized carbons (Fsp3) is 0.444. The highest BCUT2D eigenvalue weighted by molar-refractivity contribution is 5.77. The van der Waals surface area contributed by atoms with Crippen LogP contribution in [-0.2, 0) is 11.2 Å². The molecule has 1 spiro atoms. The van der Waals surface area contributed by atoms with Gasteiger partial charge in [0, 0.05) is 57.2 Å². The number of nitrogens with two attached hydrogens (primary N) is 3. The highest BCUT2D eigenvalue weighted by Crippen LogP contribution is 2.42. The van der Waals surface area contributed by atoms with Gasteiger partial charge >= 0.3 is 0 Å². The Kier molecular flexibility index (Phi) is 4.31. The minimum absolute atomic E-state index is 0.0419. The average Bonchev–Trinajstić information content (AvgIpc) is 3.01. The van der Waals surface area contributed by atoms with Crippen molar-refractivity contribution < 1.29 is 9.53 Å². The van der Waals surface area contributed by atoms with Crippen molar-refractivity contribution in [2.75, 3.05) is 24.6 Å². The number of aromatic nitrogens is 3. The molecule has 6 N–H and O–H groups in total. The Bertz CT molecular complexity index is 850. The first-order valence-electron chi connectivity index (χ1n) is 9.00. The summed E-state index contributed by atoms with van der Waals surface area (Å²) >= 11 is 0. The van der Waals surface area contributed by atoms with Crippen LogP contribution >= 0.6 is 0 Å². The molecule has 2 aliphatic heterocycles. The maximum atomic E-state index is 12.6. The Morgan fingerprint density at radius 2 is 2.07 bits per heavy atom. The molecule has 2 aromatic heterocycles. The van der Waals surface area contributed by atoms with E-state index in [0.717, 1.165) is 11.1 Å². The fourth-order valence-corrected chi connectivity index (χ4v) is 3.78. The van der Waals surface area contributed by atoms with Gasteiger partial charge in [0.05, 0.1) is 5.56 Å². The molecule has 27 heavy (non-hydrogen) atoms. The quantitative estimate of drug-likeness (QED) is 0.705. The van der Waals surface area contributed by atoms with E-state index < -0.39 is 0 Å². The zero-order valence-corrected chi connectivity index (χ0v) is 15.0. The summed E-state index contributed by atoms with van der Waals surface area (Å²) in [4.78, 5) is 26.7. The van der Waals surface area contributed by atoms with Crippen molar-refractivity contribution in [1.29, 1.82) is 0 Å². The van der Waals surface area contributed by atoms with Crippen LogP contribution in [-0.4, -0.2) is 44.4 Å². The van der Waals surface area contributed by atoms with Crippen molar-refractivity contribution in [1.82, 2.24) is 19.9 Å². The van der Waals surface area contributed by atoms with Gasteiger partial charge < -0.3 is 26.8 Å². The van der Waals surface area contributed by atoms with Crippen LogP contribution in [0.1, 0.15) is 36.4 Å². The normalized spacial score (nSPS) is 18.8. The van der Waals surface area contributed by atoms with Crippen LogP contribution in [0, 0.1) is 0 Å². The molecule has 2 aliphatic rings. The van der Waals surface area contributed by atoms with Crippen molar-refractivity contribution in [2.45, 2.75) is 37.3 Å². The summed E-state index contributed by atoms with van der Waals surface area (Å²) in [5, 5.41) is 0. The number of likely N-dealkylation sites (tertiary alicyclic amines) is 1. The predicted molar refractivity (Wildman–Crippen MR) is 99.5 cm³/mol. The largest absolute Gasteiger partial charge is 0.470 e. The summed E-state index contributed by atoms with van der Waals surface area (Å²) in [6.45, 7) is 1.21. The minimum atomic E-state index is -0.388. The van der Waals surface area contributed by atoms with Gasteiger partial charge in [-0.15, -0.1) is 0 Å². The molecule has 1 atom stereocenters. The molecule has 4 heterocycles. The van der Waals surface area contributed by atoms with E-state index in [2.05, 4.69) is 15.0 Å². The number of piperidine rings is 1. The minimum Gasteiger partial charge on any atom is -0.470 e. The summed E-state index contributed by atoms with van der Waals surface area (Å²) < 4.78 is 6.09. The van der Waals surface area contributed by atoms with Gasteiger partial charge in [0.25, 0.3) is 0 Å². The Morgan fingerprint density at radius 3 is 2.78 bits per heavy atom. The van der Waals surface area contributed by atoms with Gasteiger partial charge in [-0.2, -0.15) is 9.97 Å². The number of fused-ring (bicyclic) bond motifs is 1. The Balaban J connectivity index is 1.37. The number of nitrogen functional groups attached to an aromatic ring is 2. The first-order chi connectivity index (χ1) is 13.0. The maximum Gasteiger partial charge on any atom is 0.225 e. The number of hydrogen-bond acceptors (Lipinski definition) is 8. The van der Waals surface area contributed by atoms with Crippen LogP contribution < -0.4 is 21.9 Å². The summed E-state index contributed by atoms with van der Waals surface area (Å²) in [7, 11) is 0. The van der Waals surface area contributed by atoms with E-state index in [9.17, 15) is 4.79 Å². The van der Waals surface area contributed by atoms with E-state index in [1.165, 1.54) is 0 Å². The van der Waals surface area contributed by atoms with E-state index in [-0.39, 0.29) is 29.9 Å². The predicted octanol–water partition coefficient (Wildman–Crippen LogP) is 0.422. The lowest BCUT2D eigenvalue weighted by atomic mass is 9.87. The lowest BCUT2D eigenvalue weighted by Gasteiger charge is -2.38. The lowest BCUT2D eigenvalue weighted by molar-refractivity contribution is -0.134. The molecule has 2 aromatic rings. The molecule has 0 aromatic carbocycles. The number of rotatable bonds is 3. The summed E-state index contributed by atoms with van der Waals surface area (Å²) in [5.41, 5.74) is 19.0. The molecule has 1 amide bonds. The Hall–Kier alpha value is -2.94. The van der Waals surface area contributed by atoms with Crippen molar-refractivity contribution in [3.05, 3.63) is 35.7 Å². The van der Waals surface area contributed by atoms with Gasteiger partial charge in [-0.1, -0.05) is 6.07 Å². The zero-order chi connectivity index (χ0) is 19.0. The third-order valence-corrected chi connectivity index (χ3v) is 5.37. The van der Waals surface area contributed by atoms with Crippen molar-refractivity contribution >= 4 is 17.7 Å². The number of carbonyl (C=O) groups is 1. The number of amides is 1. The molecule has 0 radical (unpaired) electrons. The molecule has 9 nitrogen and oxygen atoms in total. The summed E-state index contributed by atoms with van der Waals surface area (Å²) in [6, 6.07) is 3.35. The van der Waals surface area contributed by atoms with Gasteiger partial charge in [-0.25, -0.2) is 0 Å². The van der Waals surface area contributed by atoms with E-state index in [0.29, 0.717) is 44.0 Å². The first-order valence-corrected chi connectivity index (χ1v) is 9.00. The standard InChI is InChI=1S/C18H23N7O2/c19-13(11-2-1-5-22-10-11)8-14(26)25-6-3-18(4-7-25)9-12-15(20)23-17(21)24-16(12)27-18/h1-2,5,10,13H,3-4,6-9,19H2,(H4,20,21,23,24)/t13-/m1/s1. The number of ether oxygens (including phenoxy) is 1. The zero-order valence-electron chi connectivity index (χ0n) is 15.0. The number of pyridine rings is 1. The van der Waals surface area contributed by atoms with Crippen molar-refractivity contribution in [3.63, 3.8) is 0 Å². The number of hydrogen-bond donors (Lipinski definition) is 3. The monoisotopic (exact) mass is 369 g/mol. The first kappa shape index (κ1) is 17.5. The molecule has 142 valence electrons. The molecule has 1 fully saturated rings. The summed E-state index contributed by atoms with van der Waals surface area (Å²) in [6.07, 6.45) is 5.70. The topological polar surface area (TPSA) is 146 Å². The van der Waals surface area contributed by atoms with Crippen LogP contribution in [0.2, 0.25) is 0 Å². The lowest BCUT2D eigenvalue weighted by Crippen LogP contribution is -2.49. The summed E-state index contributed by atoms with van der Waals surface area (Å²) in [5.74, 6) is 0.995. The van der Waals surface area contributed by atoms with Crippen molar-refractivity contribution in [2.24, 2.45) is 5.73 Å². The molecule has 0 aliphatic carbocycles. The number of carbonyl (C=O) groups excluding carboxylic acids is 1. The molecule has 4 rings (SSSR count). The van der Waals surface area contributed by atoms with E-state index in [1.54, 1.807) is 12.4 Å². The molecular weight excluding hydrogens is 346 g/mol. The fourth-order valence-electron chi connectivity index (χ4n) is 3.78. The molecular formula is C18H23N7O2. The average molecular weight is 369 g/mol. The molecule has 9 heteroatoms. The van der Waals surface area contributed by atoms with Crippen molar-refractivity contribution in [3.8, 4) is 5.88 Å². The maximum absolute atomic E-state index is 12.6. The van der Waals surface area contributed by atoms with Gasteiger partial charge in [0.2, 0.25) is 17.7 Å².